The number of aliphatic imine (C=N–C) groups is 1. The van der Waals surface area contributed by atoms with Crippen LogP contribution in [0.5, 0.6) is 0 Å². The molecule has 10 heavy (non-hydrogen) atoms. The Hall–Kier alpha value is -1.45. The fourth-order valence-electron chi connectivity index (χ4n) is 0.562. The Bertz CT molecular complexity index is 248. The van der Waals surface area contributed by atoms with Crippen LogP contribution in [-0.4, -0.2) is 21.5 Å². The molecule has 0 bridgehead atoms. The fraction of sp³-hybridized carbons (Fsp3) is 0.167. The minimum atomic E-state index is 0.771. The van der Waals surface area contributed by atoms with Gasteiger partial charge in [0, 0.05) is 19.3 Å². The lowest BCUT2D eigenvalue weighted by Crippen LogP contribution is -1.88. The van der Waals surface area contributed by atoms with E-state index >= 15 is 0 Å². The molecule has 0 unspecified atom stereocenters. The molecule has 0 saturated heterocycles. The van der Waals surface area contributed by atoms with Gasteiger partial charge in [0.2, 0.25) is 0 Å². The van der Waals surface area contributed by atoms with Crippen LogP contribution >= 0.6 is 0 Å². The first-order valence-corrected chi connectivity index (χ1v) is 2.81. The summed E-state index contributed by atoms with van der Waals surface area (Å²) in [6, 6.07) is 0. The monoisotopic (exact) mass is 136 g/mol. The summed E-state index contributed by atoms with van der Waals surface area (Å²) in [6.45, 7) is 3.30. The zero-order valence-corrected chi connectivity index (χ0v) is 5.73. The maximum Gasteiger partial charge on any atom is 0.157 e. The molecule has 1 aromatic rings. The van der Waals surface area contributed by atoms with Crippen LogP contribution in [0.3, 0.4) is 0 Å². The zero-order chi connectivity index (χ0) is 7.40. The van der Waals surface area contributed by atoms with E-state index in [2.05, 4.69) is 21.9 Å². The molecule has 0 aromatic carbocycles. The lowest BCUT2D eigenvalue weighted by atomic mass is 10.6. The molecule has 1 heterocycles. The maximum absolute atomic E-state index is 3.79. The quantitative estimate of drug-likeness (QED) is 0.555. The average Bonchev–Trinajstić information content (AvgIpc) is 2.31. The van der Waals surface area contributed by atoms with Crippen LogP contribution in [0, 0.1) is 0 Å². The number of nitrogens with zero attached hydrogens (tertiary/aromatic N) is 4. The minimum absolute atomic E-state index is 0.771. The van der Waals surface area contributed by atoms with Gasteiger partial charge in [-0.3, -0.25) is 4.99 Å². The third-order valence-corrected chi connectivity index (χ3v) is 1.08. The van der Waals surface area contributed by atoms with Crippen molar-refractivity contribution in [2.45, 2.75) is 0 Å². The summed E-state index contributed by atoms with van der Waals surface area (Å²) in [5.74, 6) is 0.771. The van der Waals surface area contributed by atoms with E-state index in [1.165, 1.54) is 0 Å². The Morgan fingerprint density at radius 3 is 3.10 bits per heavy atom. The highest BCUT2D eigenvalue weighted by Crippen LogP contribution is 1.93. The molecule has 1 rings (SSSR count). The summed E-state index contributed by atoms with van der Waals surface area (Å²) in [6.07, 6.45) is 4.94. The molecule has 0 aliphatic carbocycles. The van der Waals surface area contributed by atoms with Gasteiger partial charge in [-0.1, -0.05) is 0 Å². The summed E-state index contributed by atoms with van der Waals surface area (Å²) < 4.78 is 1.79. The van der Waals surface area contributed by atoms with Gasteiger partial charge < -0.3 is 4.57 Å². The standard InChI is InChI=1S/C6H8N4/c1-7-4-3-6-9-8-5-10(6)2/h3-5H,1H2,2H3/b4-3-. The molecule has 4 heteroatoms. The average molecular weight is 136 g/mol. The van der Waals surface area contributed by atoms with E-state index in [9.17, 15) is 0 Å². The highest BCUT2D eigenvalue weighted by molar-refractivity contribution is 5.41. The van der Waals surface area contributed by atoms with Gasteiger partial charge >= 0.3 is 0 Å². The van der Waals surface area contributed by atoms with Crippen LogP contribution in [0.4, 0.5) is 0 Å². The lowest BCUT2D eigenvalue weighted by Gasteiger charge is -1.87. The smallest absolute Gasteiger partial charge is 0.157 e. The first-order valence-electron chi connectivity index (χ1n) is 2.81. The van der Waals surface area contributed by atoms with E-state index in [1.54, 1.807) is 23.2 Å². The summed E-state index contributed by atoms with van der Waals surface area (Å²) >= 11 is 0. The molecule has 1 aromatic heterocycles. The van der Waals surface area contributed by atoms with Crippen molar-refractivity contribution in [3.63, 3.8) is 0 Å². The van der Waals surface area contributed by atoms with E-state index in [0.717, 1.165) is 5.82 Å². The van der Waals surface area contributed by atoms with Crippen LogP contribution in [0.1, 0.15) is 5.82 Å². The van der Waals surface area contributed by atoms with E-state index in [-0.39, 0.29) is 0 Å². The van der Waals surface area contributed by atoms with Gasteiger partial charge in [-0.05, 0) is 6.72 Å². The van der Waals surface area contributed by atoms with Crippen molar-refractivity contribution < 1.29 is 0 Å². The molecule has 0 aliphatic rings. The summed E-state index contributed by atoms with van der Waals surface area (Å²) in [7, 11) is 1.86. The molecule has 0 atom stereocenters. The van der Waals surface area contributed by atoms with Crippen molar-refractivity contribution in [3.8, 4) is 0 Å². The van der Waals surface area contributed by atoms with E-state index in [1.807, 2.05) is 7.05 Å². The van der Waals surface area contributed by atoms with Crippen molar-refractivity contribution in [1.29, 1.82) is 0 Å². The molecule has 0 saturated carbocycles. The minimum Gasteiger partial charge on any atom is -0.317 e. The second kappa shape index (κ2) is 2.91. The molecular weight excluding hydrogens is 128 g/mol. The first-order chi connectivity index (χ1) is 4.84. The fourth-order valence-corrected chi connectivity index (χ4v) is 0.562. The normalized spacial score (nSPS) is 10.5. The molecule has 4 nitrogen and oxygen atoms in total. The predicted octanol–water partition coefficient (Wildman–Crippen LogP) is 0.486. The summed E-state index contributed by atoms with van der Waals surface area (Å²) in [5.41, 5.74) is 0. The third kappa shape index (κ3) is 1.28. The van der Waals surface area contributed by atoms with E-state index < -0.39 is 0 Å². The molecule has 0 aliphatic heterocycles. The number of hydrogen-bond acceptors (Lipinski definition) is 3. The van der Waals surface area contributed by atoms with Crippen molar-refractivity contribution in [2.75, 3.05) is 0 Å². The Morgan fingerprint density at radius 1 is 1.80 bits per heavy atom. The topological polar surface area (TPSA) is 43.1 Å². The van der Waals surface area contributed by atoms with Gasteiger partial charge in [-0.15, -0.1) is 10.2 Å². The Labute approximate surface area is 58.9 Å². The van der Waals surface area contributed by atoms with E-state index in [0.29, 0.717) is 0 Å². The molecular formula is C6H8N4. The molecule has 0 spiro atoms. The van der Waals surface area contributed by atoms with Crippen molar-refractivity contribution in [1.82, 2.24) is 14.8 Å². The van der Waals surface area contributed by atoms with Gasteiger partial charge in [0.05, 0.1) is 0 Å². The van der Waals surface area contributed by atoms with Crippen LogP contribution in [0.25, 0.3) is 6.08 Å². The number of hydrogen-bond donors (Lipinski definition) is 0. The lowest BCUT2D eigenvalue weighted by molar-refractivity contribution is 0.895. The number of aryl methyl sites for hydroxylation is 1. The molecule has 0 amide bonds. The summed E-state index contributed by atoms with van der Waals surface area (Å²) in [4.78, 5) is 3.54. The third-order valence-electron chi connectivity index (χ3n) is 1.08. The largest absolute Gasteiger partial charge is 0.317 e. The maximum atomic E-state index is 3.79. The van der Waals surface area contributed by atoms with E-state index in [4.69, 9.17) is 0 Å². The van der Waals surface area contributed by atoms with Gasteiger partial charge in [-0.25, -0.2) is 0 Å². The van der Waals surface area contributed by atoms with Crippen molar-refractivity contribution in [3.05, 3.63) is 18.4 Å². The van der Waals surface area contributed by atoms with Crippen LogP contribution in [-0.2, 0) is 7.05 Å². The molecule has 52 valence electrons. The van der Waals surface area contributed by atoms with Crippen molar-refractivity contribution in [2.24, 2.45) is 12.0 Å². The zero-order valence-electron chi connectivity index (χ0n) is 5.73. The number of aromatic nitrogens is 3. The Kier molecular flexibility index (Phi) is 1.94. The SMILES string of the molecule is C=N/C=C\c1nncn1C. The second-order valence-electron chi connectivity index (χ2n) is 1.80. The van der Waals surface area contributed by atoms with Gasteiger partial charge in [-0.2, -0.15) is 0 Å². The highest BCUT2D eigenvalue weighted by atomic mass is 15.2. The first kappa shape index (κ1) is 6.67. The van der Waals surface area contributed by atoms with Crippen molar-refractivity contribution >= 4 is 12.8 Å². The molecule has 0 fully saturated rings. The summed E-state index contributed by atoms with van der Waals surface area (Å²) in [5, 5.41) is 7.47. The van der Waals surface area contributed by atoms with Crippen LogP contribution < -0.4 is 0 Å². The molecule has 0 N–H and O–H groups in total. The molecule has 0 radical (unpaired) electrons. The predicted molar refractivity (Wildman–Crippen MR) is 39.6 cm³/mol. The highest BCUT2D eigenvalue weighted by Gasteiger charge is 1.91. The second-order valence-corrected chi connectivity index (χ2v) is 1.80. The van der Waals surface area contributed by atoms with Gasteiger partial charge in [0.1, 0.15) is 6.33 Å². The Morgan fingerprint density at radius 2 is 2.60 bits per heavy atom. The van der Waals surface area contributed by atoms with Crippen LogP contribution in [0.2, 0.25) is 0 Å². The van der Waals surface area contributed by atoms with Crippen LogP contribution in [0.15, 0.2) is 17.5 Å². The number of rotatable bonds is 2. The van der Waals surface area contributed by atoms with Gasteiger partial charge in [0.15, 0.2) is 5.82 Å². The Balaban J connectivity index is 2.83. The van der Waals surface area contributed by atoms with Gasteiger partial charge in [0.25, 0.3) is 0 Å².